The van der Waals surface area contributed by atoms with Crippen LogP contribution in [0.25, 0.3) is 0 Å². The first kappa shape index (κ1) is 23.9. The smallest absolute Gasteiger partial charge is 0.00773 e. The third-order valence-electron chi connectivity index (χ3n) is 3.56. The zero-order valence-electron chi connectivity index (χ0n) is 13.2. The van der Waals surface area contributed by atoms with Crippen LogP contribution in [0, 0.1) is 0 Å². The predicted molar refractivity (Wildman–Crippen MR) is 86.6 cm³/mol. The summed E-state index contributed by atoms with van der Waals surface area (Å²) in [6.45, 7) is 3.16. The highest BCUT2D eigenvalue weighted by atomic mass is 16.0. The maximum absolute atomic E-state index is 5.47. The first-order valence-corrected chi connectivity index (χ1v) is 8.12. The Bertz CT molecular complexity index is 118. The van der Waals surface area contributed by atoms with Crippen molar-refractivity contribution in [3.63, 3.8) is 0 Å². The van der Waals surface area contributed by atoms with Crippen LogP contribution in [0.4, 0.5) is 0 Å². The van der Waals surface area contributed by atoms with Gasteiger partial charge in [0.05, 0.1) is 0 Å². The van der Waals surface area contributed by atoms with Crippen molar-refractivity contribution in [1.29, 1.82) is 0 Å². The second-order valence-corrected chi connectivity index (χ2v) is 5.38. The van der Waals surface area contributed by atoms with Crippen molar-refractivity contribution in [2.45, 2.75) is 96.8 Å². The number of rotatable bonds is 14. The molecule has 0 rings (SSSR count). The molecule has 0 unspecified atom stereocenters. The highest BCUT2D eigenvalue weighted by molar-refractivity contribution is 4.49. The summed E-state index contributed by atoms with van der Waals surface area (Å²) in [5, 5.41) is 0. The minimum atomic E-state index is 0. The van der Waals surface area contributed by atoms with Crippen LogP contribution in [0.5, 0.6) is 0 Å². The van der Waals surface area contributed by atoms with Gasteiger partial charge in [-0.1, -0.05) is 90.4 Å². The maximum atomic E-state index is 5.47. The van der Waals surface area contributed by atoms with Crippen molar-refractivity contribution in [2.75, 3.05) is 6.54 Å². The van der Waals surface area contributed by atoms with Gasteiger partial charge < -0.3 is 16.7 Å². The maximum Gasteiger partial charge on any atom is -0.00773 e. The van der Waals surface area contributed by atoms with Crippen LogP contribution < -0.4 is 5.73 Å². The standard InChI is InChI=1S/C16H35N.2H2O/c1-2-3-4-5-6-7-8-9-10-11-12-13-14-15-16-17;;/h2-17H2,1H3;2*1H2. The molecule has 0 aromatic rings. The molecule has 19 heavy (non-hydrogen) atoms. The number of hydrogen-bond donors (Lipinski definition) is 1. The molecule has 0 saturated heterocycles. The highest BCUT2D eigenvalue weighted by Gasteiger charge is 1.93. The molecule has 0 aliphatic rings. The molecular formula is C16H39NO2. The molecule has 0 amide bonds. The van der Waals surface area contributed by atoms with Crippen molar-refractivity contribution >= 4 is 0 Å². The van der Waals surface area contributed by atoms with Gasteiger partial charge in [-0.2, -0.15) is 0 Å². The average molecular weight is 277 g/mol. The molecule has 0 aromatic heterocycles. The van der Waals surface area contributed by atoms with Crippen molar-refractivity contribution in [3.8, 4) is 0 Å². The normalized spacial score (nSPS) is 9.79. The molecule has 6 N–H and O–H groups in total. The minimum Gasteiger partial charge on any atom is -0.412 e. The average Bonchev–Trinajstić information content (AvgIpc) is 2.35. The monoisotopic (exact) mass is 277 g/mol. The van der Waals surface area contributed by atoms with Gasteiger partial charge in [0.15, 0.2) is 0 Å². The second-order valence-electron chi connectivity index (χ2n) is 5.38. The summed E-state index contributed by atoms with van der Waals surface area (Å²) >= 11 is 0. The lowest BCUT2D eigenvalue weighted by molar-refractivity contribution is 0.536. The van der Waals surface area contributed by atoms with Gasteiger partial charge in [-0.15, -0.1) is 0 Å². The topological polar surface area (TPSA) is 89.0 Å². The molecule has 0 fully saturated rings. The first-order valence-electron chi connectivity index (χ1n) is 8.12. The Morgan fingerprint density at radius 3 is 1.00 bits per heavy atom. The lowest BCUT2D eigenvalue weighted by Crippen LogP contribution is -1.97. The largest absolute Gasteiger partial charge is 0.412 e. The summed E-state index contributed by atoms with van der Waals surface area (Å²) in [7, 11) is 0. The van der Waals surface area contributed by atoms with Gasteiger partial charge >= 0.3 is 0 Å². The molecule has 0 heterocycles. The third-order valence-corrected chi connectivity index (χ3v) is 3.56. The molecule has 0 aliphatic heterocycles. The molecule has 0 aromatic carbocycles. The summed E-state index contributed by atoms with van der Waals surface area (Å²) in [5.74, 6) is 0. The van der Waals surface area contributed by atoms with Crippen LogP contribution in [0.3, 0.4) is 0 Å². The summed E-state index contributed by atoms with van der Waals surface area (Å²) in [5.41, 5.74) is 5.47. The summed E-state index contributed by atoms with van der Waals surface area (Å²) < 4.78 is 0. The highest BCUT2D eigenvalue weighted by Crippen LogP contribution is 2.12. The van der Waals surface area contributed by atoms with Crippen molar-refractivity contribution < 1.29 is 11.0 Å². The fourth-order valence-corrected chi connectivity index (χ4v) is 2.34. The summed E-state index contributed by atoms with van der Waals surface area (Å²) in [6.07, 6.45) is 19.9. The van der Waals surface area contributed by atoms with Crippen molar-refractivity contribution in [3.05, 3.63) is 0 Å². The van der Waals surface area contributed by atoms with E-state index in [1.54, 1.807) is 0 Å². The minimum absolute atomic E-state index is 0. The van der Waals surface area contributed by atoms with Gasteiger partial charge in [0.2, 0.25) is 0 Å². The van der Waals surface area contributed by atoms with Crippen LogP contribution >= 0.6 is 0 Å². The Morgan fingerprint density at radius 2 is 0.737 bits per heavy atom. The Morgan fingerprint density at radius 1 is 0.474 bits per heavy atom. The predicted octanol–water partition coefficient (Wildman–Crippen LogP) is 3.78. The van der Waals surface area contributed by atoms with E-state index >= 15 is 0 Å². The van der Waals surface area contributed by atoms with Gasteiger partial charge in [0.25, 0.3) is 0 Å². The number of unbranched alkanes of at least 4 members (excludes halogenated alkanes) is 13. The SMILES string of the molecule is CCCCCCCCCCCCCCCCN.O.O. The summed E-state index contributed by atoms with van der Waals surface area (Å²) in [6, 6.07) is 0. The molecule has 0 saturated carbocycles. The van der Waals surface area contributed by atoms with E-state index in [1.165, 1.54) is 89.9 Å². The van der Waals surface area contributed by atoms with Crippen molar-refractivity contribution in [2.24, 2.45) is 5.73 Å². The molecule has 0 bridgehead atoms. The van der Waals surface area contributed by atoms with Crippen LogP contribution in [-0.2, 0) is 0 Å². The van der Waals surface area contributed by atoms with Crippen LogP contribution in [-0.4, -0.2) is 17.5 Å². The van der Waals surface area contributed by atoms with Crippen LogP contribution in [0.2, 0.25) is 0 Å². The Balaban J connectivity index is -0.00000128. The van der Waals surface area contributed by atoms with E-state index in [2.05, 4.69) is 6.92 Å². The number of hydrogen-bond acceptors (Lipinski definition) is 1. The molecule has 3 heteroatoms. The van der Waals surface area contributed by atoms with E-state index in [4.69, 9.17) is 5.73 Å². The second kappa shape index (κ2) is 23.0. The lowest BCUT2D eigenvalue weighted by Gasteiger charge is -2.02. The molecule has 3 nitrogen and oxygen atoms in total. The lowest BCUT2D eigenvalue weighted by atomic mass is 10.0. The van der Waals surface area contributed by atoms with E-state index in [1.807, 2.05) is 0 Å². The fourth-order valence-electron chi connectivity index (χ4n) is 2.34. The van der Waals surface area contributed by atoms with Gasteiger partial charge in [-0.05, 0) is 13.0 Å². The zero-order chi connectivity index (χ0) is 12.6. The summed E-state index contributed by atoms with van der Waals surface area (Å²) in [4.78, 5) is 0. The van der Waals surface area contributed by atoms with Crippen molar-refractivity contribution in [1.82, 2.24) is 0 Å². The Labute approximate surface area is 121 Å². The molecule has 0 atom stereocenters. The molecular weight excluding hydrogens is 238 g/mol. The van der Waals surface area contributed by atoms with E-state index in [-0.39, 0.29) is 11.0 Å². The van der Waals surface area contributed by atoms with Gasteiger partial charge in [-0.3, -0.25) is 0 Å². The van der Waals surface area contributed by atoms with E-state index in [9.17, 15) is 0 Å². The van der Waals surface area contributed by atoms with Gasteiger partial charge in [0, 0.05) is 0 Å². The van der Waals surface area contributed by atoms with Crippen LogP contribution in [0.15, 0.2) is 0 Å². The number of nitrogens with two attached hydrogens (primary N) is 1. The molecule has 0 aliphatic carbocycles. The fraction of sp³-hybridized carbons (Fsp3) is 1.00. The van der Waals surface area contributed by atoms with E-state index in [0.29, 0.717) is 0 Å². The molecule has 120 valence electrons. The molecule has 0 spiro atoms. The zero-order valence-corrected chi connectivity index (χ0v) is 13.2. The van der Waals surface area contributed by atoms with Gasteiger partial charge in [-0.25, -0.2) is 0 Å². The van der Waals surface area contributed by atoms with Gasteiger partial charge in [0.1, 0.15) is 0 Å². The quantitative estimate of drug-likeness (QED) is 0.481. The van der Waals surface area contributed by atoms with E-state index in [0.717, 1.165) is 6.54 Å². The Hall–Kier alpha value is -0.120. The Kier molecular flexibility index (Phi) is 29.0. The first-order chi connectivity index (χ1) is 8.41. The molecule has 0 radical (unpaired) electrons. The van der Waals surface area contributed by atoms with Crippen LogP contribution in [0.1, 0.15) is 96.8 Å². The third kappa shape index (κ3) is 23.4. The van der Waals surface area contributed by atoms with E-state index < -0.39 is 0 Å².